The molecule has 0 radical (unpaired) electrons. The normalized spacial score (nSPS) is 22.0. The Kier molecular flexibility index (Phi) is 5.91. The van der Waals surface area contributed by atoms with Gasteiger partial charge in [-0.15, -0.1) is 0 Å². The Morgan fingerprint density at radius 1 is 1.32 bits per heavy atom. The Balaban J connectivity index is 1.65. The van der Waals surface area contributed by atoms with Crippen molar-refractivity contribution in [1.82, 2.24) is 14.8 Å². The summed E-state index contributed by atoms with van der Waals surface area (Å²) >= 11 is 0. The van der Waals surface area contributed by atoms with Crippen LogP contribution in [0.5, 0.6) is 5.75 Å². The van der Waals surface area contributed by atoms with Crippen LogP contribution in [0.4, 0.5) is 0 Å². The topological polar surface area (TPSA) is 54.9 Å². The molecule has 138 valence electrons. The third-order valence-corrected chi connectivity index (χ3v) is 5.30. The molecule has 0 saturated carbocycles. The first-order valence-corrected chi connectivity index (χ1v) is 9.18. The first-order valence-electron chi connectivity index (χ1n) is 9.18. The predicted octanol–water partition coefficient (Wildman–Crippen LogP) is 1.78. The first kappa shape index (κ1) is 18.1. The van der Waals surface area contributed by atoms with Crippen molar-refractivity contribution in [3.05, 3.63) is 23.0 Å². The summed E-state index contributed by atoms with van der Waals surface area (Å²) in [4.78, 5) is 21.7. The van der Waals surface area contributed by atoms with Crippen LogP contribution < -0.4 is 4.74 Å². The van der Waals surface area contributed by atoms with Crippen molar-refractivity contribution in [2.45, 2.75) is 33.2 Å². The maximum atomic E-state index is 12.8. The minimum atomic E-state index is 0.0968. The SMILES string of the molecule is COc1c(C)cnc(CN2CCCC(C(=O)N3CCOCC3)C2)c1C. The van der Waals surface area contributed by atoms with Crippen molar-refractivity contribution < 1.29 is 14.3 Å². The summed E-state index contributed by atoms with van der Waals surface area (Å²) in [7, 11) is 1.71. The number of hydrogen-bond acceptors (Lipinski definition) is 5. The molecule has 1 amide bonds. The van der Waals surface area contributed by atoms with E-state index in [1.807, 2.05) is 18.0 Å². The fraction of sp³-hybridized carbons (Fsp3) is 0.684. The highest BCUT2D eigenvalue weighted by atomic mass is 16.5. The maximum absolute atomic E-state index is 12.8. The number of rotatable bonds is 4. The maximum Gasteiger partial charge on any atom is 0.227 e. The van der Waals surface area contributed by atoms with Crippen LogP contribution in [0.3, 0.4) is 0 Å². The van der Waals surface area contributed by atoms with Gasteiger partial charge in [0.15, 0.2) is 0 Å². The van der Waals surface area contributed by atoms with Gasteiger partial charge in [0.05, 0.1) is 31.9 Å². The minimum Gasteiger partial charge on any atom is -0.496 e. The lowest BCUT2D eigenvalue weighted by Crippen LogP contribution is -2.48. The highest BCUT2D eigenvalue weighted by Gasteiger charge is 2.30. The summed E-state index contributed by atoms with van der Waals surface area (Å²) in [6.07, 6.45) is 3.92. The third kappa shape index (κ3) is 4.12. The van der Waals surface area contributed by atoms with Gasteiger partial charge >= 0.3 is 0 Å². The number of amides is 1. The Bertz CT molecular complexity index is 614. The molecule has 2 aliphatic rings. The molecule has 6 nitrogen and oxygen atoms in total. The Morgan fingerprint density at radius 3 is 2.80 bits per heavy atom. The standard InChI is InChI=1S/C19H29N3O3/c1-14-11-20-17(15(2)18(14)24-3)13-21-6-4-5-16(12-21)19(23)22-7-9-25-10-8-22/h11,16H,4-10,12-13H2,1-3H3. The van der Waals surface area contributed by atoms with Gasteiger partial charge < -0.3 is 14.4 Å². The lowest BCUT2D eigenvalue weighted by molar-refractivity contribution is -0.141. The van der Waals surface area contributed by atoms with Crippen LogP contribution in [0, 0.1) is 19.8 Å². The van der Waals surface area contributed by atoms with Crippen LogP contribution in [-0.2, 0) is 16.1 Å². The predicted molar refractivity (Wildman–Crippen MR) is 95.7 cm³/mol. The summed E-state index contributed by atoms with van der Waals surface area (Å²) in [5, 5.41) is 0. The number of likely N-dealkylation sites (tertiary alicyclic amines) is 1. The van der Waals surface area contributed by atoms with Crippen molar-refractivity contribution in [2.24, 2.45) is 5.92 Å². The number of aromatic nitrogens is 1. The molecule has 2 fully saturated rings. The van der Waals surface area contributed by atoms with Gasteiger partial charge in [-0.2, -0.15) is 0 Å². The lowest BCUT2D eigenvalue weighted by Gasteiger charge is -2.36. The van der Waals surface area contributed by atoms with Crippen LogP contribution in [0.25, 0.3) is 0 Å². The van der Waals surface area contributed by atoms with Crippen molar-refractivity contribution in [3.8, 4) is 5.75 Å². The van der Waals surface area contributed by atoms with Gasteiger partial charge in [-0.3, -0.25) is 14.7 Å². The summed E-state index contributed by atoms with van der Waals surface area (Å²) in [6.45, 7) is 9.46. The Labute approximate surface area is 150 Å². The minimum absolute atomic E-state index is 0.0968. The third-order valence-electron chi connectivity index (χ3n) is 5.30. The summed E-state index contributed by atoms with van der Waals surface area (Å²) in [5.74, 6) is 1.31. The fourth-order valence-electron chi connectivity index (χ4n) is 3.88. The van der Waals surface area contributed by atoms with E-state index >= 15 is 0 Å². The molecule has 3 heterocycles. The highest BCUT2D eigenvalue weighted by molar-refractivity contribution is 5.79. The van der Waals surface area contributed by atoms with E-state index in [4.69, 9.17) is 9.47 Å². The smallest absolute Gasteiger partial charge is 0.227 e. The number of nitrogens with zero attached hydrogens (tertiary/aromatic N) is 3. The van der Waals surface area contributed by atoms with Crippen LogP contribution >= 0.6 is 0 Å². The fourth-order valence-corrected chi connectivity index (χ4v) is 3.88. The molecular weight excluding hydrogens is 318 g/mol. The van der Waals surface area contributed by atoms with Crippen LogP contribution in [0.15, 0.2) is 6.20 Å². The first-order chi connectivity index (χ1) is 12.1. The summed E-state index contributed by atoms with van der Waals surface area (Å²) < 4.78 is 10.9. The second-order valence-electron chi connectivity index (χ2n) is 7.06. The van der Waals surface area contributed by atoms with Gasteiger partial charge in [-0.25, -0.2) is 0 Å². The van der Waals surface area contributed by atoms with Gasteiger partial charge in [-0.1, -0.05) is 0 Å². The van der Waals surface area contributed by atoms with E-state index in [-0.39, 0.29) is 5.92 Å². The number of carbonyl (C=O) groups is 1. The van der Waals surface area contributed by atoms with Gasteiger partial charge in [0.25, 0.3) is 0 Å². The van der Waals surface area contributed by atoms with Crippen molar-refractivity contribution in [3.63, 3.8) is 0 Å². The zero-order valence-corrected chi connectivity index (χ0v) is 15.6. The lowest BCUT2D eigenvalue weighted by atomic mass is 9.96. The van der Waals surface area contributed by atoms with E-state index in [2.05, 4.69) is 16.8 Å². The molecule has 2 saturated heterocycles. The van der Waals surface area contributed by atoms with Gasteiger partial charge in [0.2, 0.25) is 5.91 Å². The quantitative estimate of drug-likeness (QED) is 0.831. The second kappa shape index (κ2) is 8.15. The Hall–Kier alpha value is -1.66. The number of aryl methyl sites for hydroxylation is 1. The molecule has 0 aliphatic carbocycles. The molecule has 1 atom stereocenters. The average molecular weight is 347 g/mol. The molecule has 0 aromatic carbocycles. The molecule has 2 aliphatic heterocycles. The molecule has 0 spiro atoms. The second-order valence-corrected chi connectivity index (χ2v) is 7.06. The molecular formula is C19H29N3O3. The summed E-state index contributed by atoms with van der Waals surface area (Å²) in [6, 6.07) is 0. The molecule has 1 unspecified atom stereocenters. The van der Waals surface area contributed by atoms with Gasteiger partial charge in [-0.05, 0) is 33.2 Å². The van der Waals surface area contributed by atoms with Crippen molar-refractivity contribution in [2.75, 3.05) is 46.5 Å². The zero-order chi connectivity index (χ0) is 17.8. The molecule has 6 heteroatoms. The number of pyridine rings is 1. The van der Waals surface area contributed by atoms with Crippen LogP contribution in [0.2, 0.25) is 0 Å². The van der Waals surface area contributed by atoms with Crippen molar-refractivity contribution >= 4 is 5.91 Å². The number of morpholine rings is 1. The number of hydrogen-bond donors (Lipinski definition) is 0. The number of methoxy groups -OCH3 is 1. The Morgan fingerprint density at radius 2 is 2.08 bits per heavy atom. The van der Waals surface area contributed by atoms with Gasteiger partial charge in [0, 0.05) is 43.5 Å². The molecule has 0 bridgehead atoms. The van der Waals surface area contributed by atoms with E-state index in [9.17, 15) is 4.79 Å². The summed E-state index contributed by atoms with van der Waals surface area (Å²) in [5.41, 5.74) is 3.20. The van der Waals surface area contributed by atoms with Crippen LogP contribution in [-0.4, -0.2) is 67.2 Å². The number of piperidine rings is 1. The van der Waals surface area contributed by atoms with E-state index in [0.717, 1.165) is 68.1 Å². The molecule has 0 N–H and O–H groups in total. The van der Waals surface area contributed by atoms with Crippen molar-refractivity contribution in [1.29, 1.82) is 0 Å². The van der Waals surface area contributed by atoms with E-state index < -0.39 is 0 Å². The van der Waals surface area contributed by atoms with E-state index in [1.54, 1.807) is 7.11 Å². The average Bonchev–Trinajstić information content (AvgIpc) is 2.65. The largest absolute Gasteiger partial charge is 0.496 e. The number of carbonyl (C=O) groups excluding carboxylic acids is 1. The molecule has 1 aromatic rings. The zero-order valence-electron chi connectivity index (χ0n) is 15.6. The van der Waals surface area contributed by atoms with Crippen LogP contribution in [0.1, 0.15) is 29.7 Å². The van der Waals surface area contributed by atoms with E-state index in [1.165, 1.54) is 0 Å². The molecule has 25 heavy (non-hydrogen) atoms. The van der Waals surface area contributed by atoms with Gasteiger partial charge in [0.1, 0.15) is 5.75 Å². The molecule has 3 rings (SSSR count). The molecule has 1 aromatic heterocycles. The highest BCUT2D eigenvalue weighted by Crippen LogP contribution is 2.26. The number of ether oxygens (including phenoxy) is 2. The monoisotopic (exact) mass is 347 g/mol. The van der Waals surface area contributed by atoms with E-state index in [0.29, 0.717) is 19.1 Å².